The molecule has 0 aliphatic heterocycles. The summed E-state index contributed by atoms with van der Waals surface area (Å²) in [6, 6.07) is 14.4. The minimum absolute atomic E-state index is 0.156. The van der Waals surface area contributed by atoms with E-state index >= 15 is 0 Å². The molecule has 3 rings (SSSR count). The van der Waals surface area contributed by atoms with Crippen molar-refractivity contribution < 1.29 is 9.59 Å². The fourth-order valence-electron chi connectivity index (χ4n) is 2.47. The molecule has 7 nitrogen and oxygen atoms in total. The fourth-order valence-corrected chi connectivity index (χ4v) is 2.47. The molecule has 0 aliphatic carbocycles. The summed E-state index contributed by atoms with van der Waals surface area (Å²) in [6.07, 6.45) is 3.00. The molecule has 0 spiro atoms. The molecule has 0 aliphatic rings. The van der Waals surface area contributed by atoms with Crippen molar-refractivity contribution in [2.75, 3.05) is 13.1 Å². The molecule has 0 saturated carbocycles. The maximum Gasteiger partial charge on any atom is 0.251 e. The zero-order chi connectivity index (χ0) is 18.4. The van der Waals surface area contributed by atoms with Crippen molar-refractivity contribution in [1.29, 1.82) is 0 Å². The quantitative estimate of drug-likeness (QED) is 0.664. The summed E-state index contributed by atoms with van der Waals surface area (Å²) in [5, 5.41) is 9.62. The monoisotopic (exact) mass is 349 g/mol. The van der Waals surface area contributed by atoms with Gasteiger partial charge in [-0.3, -0.25) is 9.59 Å². The largest absolute Gasteiger partial charge is 0.350 e. The molecule has 3 aromatic rings. The second kappa shape index (κ2) is 8.06. The Morgan fingerprint density at radius 1 is 0.962 bits per heavy atom. The molecule has 26 heavy (non-hydrogen) atoms. The van der Waals surface area contributed by atoms with Crippen molar-refractivity contribution in [3.8, 4) is 5.69 Å². The maximum atomic E-state index is 12.3. The van der Waals surface area contributed by atoms with E-state index in [9.17, 15) is 9.59 Å². The molecule has 2 N–H and O–H groups in total. The minimum Gasteiger partial charge on any atom is -0.350 e. The highest BCUT2D eigenvalue weighted by Gasteiger charge is 2.08. The number of carbonyl (C=O) groups excluding carboxylic acids is 2. The van der Waals surface area contributed by atoms with Gasteiger partial charge >= 0.3 is 0 Å². The molecular formula is C19H19N5O2. The predicted octanol–water partition coefficient (Wildman–Crippen LogP) is 1.74. The van der Waals surface area contributed by atoms with Crippen LogP contribution in [0.25, 0.3) is 5.69 Å². The van der Waals surface area contributed by atoms with Crippen LogP contribution in [0.4, 0.5) is 0 Å². The lowest BCUT2D eigenvalue weighted by Crippen LogP contribution is -2.34. The molecule has 0 saturated heterocycles. The van der Waals surface area contributed by atoms with Gasteiger partial charge in [-0.25, -0.2) is 9.67 Å². The molecule has 0 unspecified atom stereocenters. The van der Waals surface area contributed by atoms with Gasteiger partial charge in [-0.05, 0) is 37.3 Å². The molecule has 132 valence electrons. The average Bonchev–Trinajstić information content (AvgIpc) is 3.20. The van der Waals surface area contributed by atoms with Crippen LogP contribution in [-0.2, 0) is 0 Å². The maximum absolute atomic E-state index is 12.3. The Balaban J connectivity index is 1.50. The van der Waals surface area contributed by atoms with Gasteiger partial charge in [-0.15, -0.1) is 0 Å². The third kappa shape index (κ3) is 4.32. The summed E-state index contributed by atoms with van der Waals surface area (Å²) in [5.41, 5.74) is 2.90. The normalized spacial score (nSPS) is 10.3. The van der Waals surface area contributed by atoms with Gasteiger partial charge < -0.3 is 10.6 Å². The van der Waals surface area contributed by atoms with Gasteiger partial charge in [0.05, 0.1) is 5.69 Å². The second-order valence-corrected chi connectivity index (χ2v) is 5.77. The number of carbonyl (C=O) groups is 2. The van der Waals surface area contributed by atoms with Crippen LogP contribution in [0, 0.1) is 6.92 Å². The summed E-state index contributed by atoms with van der Waals surface area (Å²) < 4.78 is 1.58. The van der Waals surface area contributed by atoms with E-state index in [4.69, 9.17) is 0 Å². The molecule has 0 bridgehead atoms. The highest BCUT2D eigenvalue weighted by atomic mass is 16.2. The SMILES string of the molecule is Cc1cccc(C(=O)NCCNC(=O)c2cccc(-n3cncn3)c2)c1. The molecule has 1 aromatic heterocycles. The number of aryl methyl sites for hydroxylation is 1. The van der Waals surface area contributed by atoms with Crippen molar-refractivity contribution >= 4 is 11.8 Å². The first-order valence-electron chi connectivity index (χ1n) is 8.21. The molecule has 2 aromatic carbocycles. The molecule has 0 atom stereocenters. The number of amides is 2. The van der Waals surface area contributed by atoms with E-state index in [2.05, 4.69) is 20.7 Å². The minimum atomic E-state index is -0.211. The Bertz CT molecular complexity index is 906. The summed E-state index contributed by atoms with van der Waals surface area (Å²) in [6.45, 7) is 2.62. The summed E-state index contributed by atoms with van der Waals surface area (Å²) in [4.78, 5) is 28.2. The summed E-state index contributed by atoms with van der Waals surface area (Å²) in [7, 11) is 0. The van der Waals surface area contributed by atoms with Crippen LogP contribution >= 0.6 is 0 Å². The van der Waals surface area contributed by atoms with Crippen LogP contribution in [0.15, 0.2) is 61.2 Å². The number of nitrogens with one attached hydrogen (secondary N) is 2. The predicted molar refractivity (Wildman–Crippen MR) is 97.2 cm³/mol. The zero-order valence-electron chi connectivity index (χ0n) is 14.3. The van der Waals surface area contributed by atoms with Gasteiger partial charge in [0.2, 0.25) is 0 Å². The van der Waals surface area contributed by atoms with Crippen molar-refractivity contribution in [3.05, 3.63) is 77.9 Å². The first-order chi connectivity index (χ1) is 12.6. The van der Waals surface area contributed by atoms with Crippen molar-refractivity contribution in [1.82, 2.24) is 25.4 Å². The van der Waals surface area contributed by atoms with Gasteiger partial charge in [0.25, 0.3) is 11.8 Å². The highest BCUT2D eigenvalue weighted by molar-refractivity contribution is 5.95. The number of rotatable bonds is 6. The smallest absolute Gasteiger partial charge is 0.251 e. The van der Waals surface area contributed by atoms with E-state index in [1.165, 1.54) is 6.33 Å². The number of hydrogen-bond acceptors (Lipinski definition) is 4. The molecule has 1 heterocycles. The van der Waals surface area contributed by atoms with Gasteiger partial charge in [0, 0.05) is 24.2 Å². The number of aromatic nitrogens is 3. The standard InChI is InChI=1S/C19H19N5O2/c1-14-4-2-5-15(10-14)18(25)21-8-9-22-19(26)16-6-3-7-17(11-16)24-13-20-12-23-24/h2-7,10-13H,8-9H2,1H3,(H,21,25)(H,22,26). The van der Waals surface area contributed by atoms with Crippen LogP contribution in [-0.4, -0.2) is 39.7 Å². The Morgan fingerprint density at radius 3 is 2.23 bits per heavy atom. The molecular weight excluding hydrogens is 330 g/mol. The molecule has 2 amide bonds. The van der Waals surface area contributed by atoms with Crippen LogP contribution in [0.3, 0.4) is 0 Å². The lowest BCUT2D eigenvalue weighted by atomic mass is 10.1. The fraction of sp³-hybridized carbons (Fsp3) is 0.158. The second-order valence-electron chi connectivity index (χ2n) is 5.77. The van der Waals surface area contributed by atoms with Crippen molar-refractivity contribution in [3.63, 3.8) is 0 Å². The number of nitrogens with zero attached hydrogens (tertiary/aromatic N) is 3. The topological polar surface area (TPSA) is 88.9 Å². The first-order valence-corrected chi connectivity index (χ1v) is 8.21. The Morgan fingerprint density at radius 2 is 1.62 bits per heavy atom. The lowest BCUT2D eigenvalue weighted by Gasteiger charge is -2.08. The Labute approximate surface area is 151 Å². The van der Waals surface area contributed by atoms with Gasteiger partial charge in [0.1, 0.15) is 12.7 Å². The first kappa shape index (κ1) is 17.3. The molecule has 0 radical (unpaired) electrons. The van der Waals surface area contributed by atoms with E-state index in [0.29, 0.717) is 24.2 Å². The third-order valence-electron chi connectivity index (χ3n) is 3.77. The van der Waals surface area contributed by atoms with Crippen molar-refractivity contribution in [2.24, 2.45) is 0 Å². The van der Waals surface area contributed by atoms with Crippen LogP contribution in [0.2, 0.25) is 0 Å². The summed E-state index contributed by atoms with van der Waals surface area (Å²) >= 11 is 0. The Kier molecular flexibility index (Phi) is 5.38. The number of benzene rings is 2. The van der Waals surface area contributed by atoms with Gasteiger partial charge in [-0.1, -0.05) is 23.8 Å². The Hall–Kier alpha value is -3.48. The number of hydrogen-bond donors (Lipinski definition) is 2. The van der Waals surface area contributed by atoms with Crippen LogP contribution in [0.1, 0.15) is 26.3 Å². The van der Waals surface area contributed by atoms with Gasteiger partial charge in [-0.2, -0.15) is 5.10 Å². The van der Waals surface area contributed by atoms with Crippen LogP contribution < -0.4 is 10.6 Å². The molecule has 7 heteroatoms. The van der Waals surface area contributed by atoms with E-state index in [1.807, 2.05) is 31.2 Å². The lowest BCUT2D eigenvalue weighted by molar-refractivity contribution is 0.0927. The van der Waals surface area contributed by atoms with Gasteiger partial charge in [0.15, 0.2) is 0 Å². The van der Waals surface area contributed by atoms with E-state index < -0.39 is 0 Å². The van der Waals surface area contributed by atoms with E-state index in [-0.39, 0.29) is 11.8 Å². The third-order valence-corrected chi connectivity index (χ3v) is 3.77. The zero-order valence-corrected chi connectivity index (χ0v) is 14.3. The molecule has 0 fully saturated rings. The van der Waals surface area contributed by atoms with Crippen molar-refractivity contribution in [2.45, 2.75) is 6.92 Å². The van der Waals surface area contributed by atoms with E-state index in [0.717, 1.165) is 11.3 Å². The van der Waals surface area contributed by atoms with E-state index in [1.54, 1.807) is 35.3 Å². The van der Waals surface area contributed by atoms with Crippen LogP contribution in [0.5, 0.6) is 0 Å². The summed E-state index contributed by atoms with van der Waals surface area (Å²) in [5.74, 6) is -0.368. The highest BCUT2D eigenvalue weighted by Crippen LogP contribution is 2.09. The average molecular weight is 349 g/mol.